The van der Waals surface area contributed by atoms with Crippen LogP contribution in [0.4, 0.5) is 4.39 Å². The molecule has 0 aliphatic rings. The molecule has 0 aliphatic carbocycles. The van der Waals surface area contributed by atoms with Crippen LogP contribution in [0, 0.1) is 5.82 Å². The van der Waals surface area contributed by atoms with E-state index in [2.05, 4.69) is 22.9 Å². The van der Waals surface area contributed by atoms with Crippen LogP contribution in [0.2, 0.25) is 0 Å². The molecule has 0 spiro atoms. The lowest BCUT2D eigenvalue weighted by Gasteiger charge is -2.12. The van der Waals surface area contributed by atoms with Crippen molar-refractivity contribution in [2.45, 2.75) is 19.4 Å². The Kier molecular flexibility index (Phi) is 5.64. The third kappa shape index (κ3) is 4.53. The molecule has 0 aromatic heterocycles. The Morgan fingerprint density at radius 2 is 2.27 bits per heavy atom. The molecule has 2 N–H and O–H groups in total. The minimum absolute atomic E-state index is 0.0908. The van der Waals surface area contributed by atoms with Gasteiger partial charge in [0.1, 0.15) is 5.82 Å². The molecule has 1 nitrogen and oxygen atoms in total. The van der Waals surface area contributed by atoms with Gasteiger partial charge in [-0.2, -0.15) is 11.8 Å². The van der Waals surface area contributed by atoms with Crippen LogP contribution in [-0.4, -0.2) is 17.5 Å². The van der Waals surface area contributed by atoms with Crippen LogP contribution in [0.25, 0.3) is 0 Å². The van der Waals surface area contributed by atoms with Gasteiger partial charge >= 0.3 is 0 Å². The summed E-state index contributed by atoms with van der Waals surface area (Å²) >= 11 is 5.21. The second-order valence-corrected chi connectivity index (χ2v) is 5.53. The summed E-state index contributed by atoms with van der Waals surface area (Å²) in [5.74, 6) is 1.78. The lowest BCUT2D eigenvalue weighted by Crippen LogP contribution is -2.25. The van der Waals surface area contributed by atoms with Gasteiger partial charge < -0.3 is 5.73 Å². The highest BCUT2D eigenvalue weighted by molar-refractivity contribution is 9.10. The maximum atomic E-state index is 13.0. The van der Waals surface area contributed by atoms with Crippen molar-refractivity contribution < 1.29 is 4.39 Å². The van der Waals surface area contributed by atoms with Crippen LogP contribution in [0.1, 0.15) is 12.5 Å². The molecular weight excluding hydrogens is 277 g/mol. The Morgan fingerprint density at radius 1 is 1.53 bits per heavy atom. The number of hydrogen-bond donors (Lipinski definition) is 1. The van der Waals surface area contributed by atoms with E-state index < -0.39 is 0 Å². The Bertz CT molecular complexity index is 319. The number of nitrogens with two attached hydrogens (primary N) is 1. The van der Waals surface area contributed by atoms with Crippen molar-refractivity contribution in [3.05, 3.63) is 34.1 Å². The largest absolute Gasteiger partial charge is 0.327 e. The molecule has 4 heteroatoms. The van der Waals surface area contributed by atoms with E-state index in [1.165, 1.54) is 6.07 Å². The zero-order valence-corrected chi connectivity index (χ0v) is 11.1. The molecule has 1 unspecified atom stereocenters. The second kappa shape index (κ2) is 6.51. The first-order chi connectivity index (χ1) is 7.13. The van der Waals surface area contributed by atoms with E-state index >= 15 is 0 Å². The Morgan fingerprint density at radius 3 is 2.93 bits per heavy atom. The number of thioether (sulfide) groups is 1. The van der Waals surface area contributed by atoms with Crippen molar-refractivity contribution in [1.82, 2.24) is 0 Å². The zero-order valence-electron chi connectivity index (χ0n) is 8.67. The van der Waals surface area contributed by atoms with Gasteiger partial charge in [-0.25, -0.2) is 4.39 Å². The normalized spacial score (nSPS) is 12.8. The van der Waals surface area contributed by atoms with E-state index in [4.69, 9.17) is 5.73 Å². The van der Waals surface area contributed by atoms with Gasteiger partial charge in [-0.1, -0.05) is 22.9 Å². The molecule has 1 rings (SSSR count). The van der Waals surface area contributed by atoms with Gasteiger partial charge in [-0.05, 0) is 35.9 Å². The van der Waals surface area contributed by atoms with E-state index in [9.17, 15) is 4.39 Å². The molecule has 0 heterocycles. The van der Waals surface area contributed by atoms with E-state index in [0.29, 0.717) is 6.42 Å². The lowest BCUT2D eigenvalue weighted by atomic mass is 10.1. The lowest BCUT2D eigenvalue weighted by molar-refractivity contribution is 0.622. The molecular formula is C11H15BrFNS. The fourth-order valence-electron chi connectivity index (χ4n) is 1.31. The minimum atomic E-state index is -0.205. The van der Waals surface area contributed by atoms with Crippen LogP contribution >= 0.6 is 27.7 Å². The molecule has 0 saturated carbocycles. The molecule has 1 atom stereocenters. The van der Waals surface area contributed by atoms with Crippen molar-refractivity contribution in [1.29, 1.82) is 0 Å². The standard InChI is InChI=1S/C11H15BrFNS/c1-2-15-7-10(14)6-8-5-9(13)3-4-11(8)12/h3-5,10H,2,6-7,14H2,1H3. The molecule has 0 saturated heterocycles. The minimum Gasteiger partial charge on any atom is -0.327 e. The highest BCUT2D eigenvalue weighted by atomic mass is 79.9. The molecule has 1 aromatic rings. The van der Waals surface area contributed by atoms with Crippen molar-refractivity contribution >= 4 is 27.7 Å². The molecule has 84 valence electrons. The monoisotopic (exact) mass is 291 g/mol. The summed E-state index contributed by atoms with van der Waals surface area (Å²) < 4.78 is 13.9. The van der Waals surface area contributed by atoms with Crippen LogP contribution < -0.4 is 5.73 Å². The quantitative estimate of drug-likeness (QED) is 0.902. The van der Waals surface area contributed by atoms with Gasteiger partial charge in [0.2, 0.25) is 0 Å². The van der Waals surface area contributed by atoms with Gasteiger partial charge in [0, 0.05) is 16.3 Å². The number of halogens is 2. The first-order valence-electron chi connectivity index (χ1n) is 4.90. The maximum Gasteiger partial charge on any atom is 0.123 e. The van der Waals surface area contributed by atoms with Gasteiger partial charge in [-0.15, -0.1) is 0 Å². The molecule has 0 fully saturated rings. The smallest absolute Gasteiger partial charge is 0.123 e. The highest BCUT2D eigenvalue weighted by Gasteiger charge is 2.07. The third-order valence-electron chi connectivity index (χ3n) is 2.03. The summed E-state index contributed by atoms with van der Waals surface area (Å²) in [5.41, 5.74) is 6.89. The summed E-state index contributed by atoms with van der Waals surface area (Å²) in [6.45, 7) is 2.11. The highest BCUT2D eigenvalue weighted by Crippen LogP contribution is 2.19. The predicted molar refractivity (Wildman–Crippen MR) is 68.8 cm³/mol. The maximum absolute atomic E-state index is 13.0. The van der Waals surface area contributed by atoms with E-state index in [1.54, 1.807) is 12.1 Å². The van der Waals surface area contributed by atoms with E-state index in [-0.39, 0.29) is 11.9 Å². The van der Waals surface area contributed by atoms with Gasteiger partial charge in [-0.3, -0.25) is 0 Å². The summed E-state index contributed by atoms with van der Waals surface area (Å²) in [5, 5.41) is 0. The van der Waals surface area contributed by atoms with Crippen molar-refractivity contribution in [3.63, 3.8) is 0 Å². The molecule has 0 amide bonds. The van der Waals surface area contributed by atoms with Crippen LogP contribution in [-0.2, 0) is 6.42 Å². The van der Waals surface area contributed by atoms with Crippen molar-refractivity contribution in [3.8, 4) is 0 Å². The predicted octanol–water partition coefficient (Wildman–Crippen LogP) is 3.21. The molecule has 1 aromatic carbocycles. The molecule has 0 radical (unpaired) electrons. The van der Waals surface area contributed by atoms with E-state index in [0.717, 1.165) is 21.5 Å². The number of benzene rings is 1. The topological polar surface area (TPSA) is 26.0 Å². The summed E-state index contributed by atoms with van der Waals surface area (Å²) in [6.07, 6.45) is 0.714. The molecule has 0 bridgehead atoms. The summed E-state index contributed by atoms with van der Waals surface area (Å²) in [7, 11) is 0. The van der Waals surface area contributed by atoms with Gasteiger partial charge in [0.25, 0.3) is 0 Å². The SMILES string of the molecule is CCSCC(N)Cc1cc(F)ccc1Br. The average molecular weight is 292 g/mol. The molecule has 15 heavy (non-hydrogen) atoms. The third-order valence-corrected chi connectivity index (χ3v) is 3.87. The Hall–Kier alpha value is -0.0600. The Balaban J connectivity index is 2.59. The second-order valence-electron chi connectivity index (χ2n) is 3.36. The number of hydrogen-bond acceptors (Lipinski definition) is 2. The fraction of sp³-hybridized carbons (Fsp3) is 0.455. The van der Waals surface area contributed by atoms with Crippen LogP contribution in [0.5, 0.6) is 0 Å². The average Bonchev–Trinajstić information content (AvgIpc) is 2.20. The fourth-order valence-corrected chi connectivity index (χ4v) is 2.38. The first-order valence-corrected chi connectivity index (χ1v) is 6.85. The van der Waals surface area contributed by atoms with Crippen LogP contribution in [0.3, 0.4) is 0 Å². The van der Waals surface area contributed by atoms with Gasteiger partial charge in [0.15, 0.2) is 0 Å². The van der Waals surface area contributed by atoms with Gasteiger partial charge in [0.05, 0.1) is 0 Å². The Labute approximate surface area is 103 Å². The van der Waals surface area contributed by atoms with Crippen LogP contribution in [0.15, 0.2) is 22.7 Å². The van der Waals surface area contributed by atoms with E-state index in [1.807, 2.05) is 11.8 Å². The zero-order chi connectivity index (χ0) is 11.3. The van der Waals surface area contributed by atoms with Crippen molar-refractivity contribution in [2.75, 3.05) is 11.5 Å². The summed E-state index contributed by atoms with van der Waals surface area (Å²) in [4.78, 5) is 0. The first kappa shape index (κ1) is 13.0. The number of rotatable bonds is 5. The van der Waals surface area contributed by atoms with Crippen molar-refractivity contribution in [2.24, 2.45) is 5.73 Å². The molecule has 0 aliphatic heterocycles. The summed E-state index contributed by atoms with van der Waals surface area (Å²) in [6, 6.07) is 4.80.